The second-order valence-corrected chi connectivity index (χ2v) is 8.50. The molecule has 0 unspecified atom stereocenters. The Morgan fingerprint density at radius 3 is 2.78 bits per heavy atom. The molecule has 0 bridgehead atoms. The molecule has 1 saturated heterocycles. The molecule has 1 aliphatic heterocycles. The molecule has 23 heavy (non-hydrogen) atoms. The van der Waals surface area contributed by atoms with Crippen molar-refractivity contribution in [3.05, 3.63) is 46.3 Å². The third-order valence-corrected chi connectivity index (χ3v) is 6.49. The summed E-state index contributed by atoms with van der Waals surface area (Å²) in [6.07, 6.45) is 3.39. The first-order valence-electron chi connectivity index (χ1n) is 7.75. The summed E-state index contributed by atoms with van der Waals surface area (Å²) in [7, 11) is -3.52. The molecule has 0 N–H and O–H groups in total. The van der Waals surface area contributed by atoms with Crippen molar-refractivity contribution in [2.75, 3.05) is 6.54 Å². The largest absolute Gasteiger partial charge is 0.361 e. The highest BCUT2D eigenvalue weighted by Crippen LogP contribution is 2.36. The van der Waals surface area contributed by atoms with Gasteiger partial charge in [0.05, 0.1) is 10.9 Å². The van der Waals surface area contributed by atoms with Crippen LogP contribution in [0.25, 0.3) is 0 Å². The molecule has 0 amide bonds. The van der Waals surface area contributed by atoms with Gasteiger partial charge >= 0.3 is 0 Å². The first-order chi connectivity index (χ1) is 11.0. The highest BCUT2D eigenvalue weighted by molar-refractivity contribution is 9.10. The Morgan fingerprint density at radius 2 is 2.09 bits per heavy atom. The van der Waals surface area contributed by atoms with Crippen LogP contribution in [0.1, 0.15) is 43.7 Å². The molecular formula is C16H19BrN2O3S. The molecule has 2 heterocycles. The summed E-state index contributed by atoms with van der Waals surface area (Å²) in [6, 6.07) is 8.39. The number of hydrogen-bond donors (Lipinski definition) is 0. The first kappa shape index (κ1) is 16.7. The van der Waals surface area contributed by atoms with Gasteiger partial charge in [-0.05, 0) is 43.5 Å². The van der Waals surface area contributed by atoms with Crippen molar-refractivity contribution in [1.29, 1.82) is 0 Å². The predicted octanol–water partition coefficient (Wildman–Crippen LogP) is 3.92. The number of aromatic nitrogens is 1. The fraction of sp³-hybridized carbons (Fsp3) is 0.438. The van der Waals surface area contributed by atoms with Crippen LogP contribution >= 0.6 is 15.9 Å². The number of hydrogen-bond acceptors (Lipinski definition) is 4. The molecule has 1 aliphatic rings. The van der Waals surface area contributed by atoms with Crippen LogP contribution in [-0.4, -0.2) is 24.4 Å². The number of halogens is 1. The van der Waals surface area contributed by atoms with Crippen molar-refractivity contribution < 1.29 is 12.9 Å². The Hall–Kier alpha value is -1.18. The molecule has 1 atom stereocenters. The zero-order valence-electron chi connectivity index (χ0n) is 12.9. The maximum Gasteiger partial charge on any atom is 0.243 e. The Balaban J connectivity index is 1.89. The Morgan fingerprint density at radius 1 is 1.35 bits per heavy atom. The second kappa shape index (κ2) is 6.75. The lowest BCUT2D eigenvalue weighted by atomic mass is 10.1. The number of nitrogens with zero attached hydrogens (tertiary/aromatic N) is 2. The lowest BCUT2D eigenvalue weighted by Crippen LogP contribution is -2.30. The quantitative estimate of drug-likeness (QED) is 0.765. The molecule has 0 spiro atoms. The van der Waals surface area contributed by atoms with Crippen molar-refractivity contribution in [3.8, 4) is 0 Å². The topological polar surface area (TPSA) is 63.4 Å². The molecule has 1 fully saturated rings. The number of aryl methyl sites for hydroxylation is 1. The van der Waals surface area contributed by atoms with E-state index in [0.29, 0.717) is 17.1 Å². The minimum Gasteiger partial charge on any atom is -0.361 e. The van der Waals surface area contributed by atoms with Crippen molar-refractivity contribution in [3.63, 3.8) is 0 Å². The van der Waals surface area contributed by atoms with Crippen LogP contribution in [0.3, 0.4) is 0 Å². The monoisotopic (exact) mass is 398 g/mol. The lowest BCUT2D eigenvalue weighted by Gasteiger charge is -2.22. The van der Waals surface area contributed by atoms with Crippen LogP contribution in [0.5, 0.6) is 0 Å². The van der Waals surface area contributed by atoms with Gasteiger partial charge in [0, 0.05) is 23.5 Å². The van der Waals surface area contributed by atoms with Gasteiger partial charge in [0.2, 0.25) is 10.0 Å². The Kier molecular flexibility index (Phi) is 4.89. The molecule has 1 aromatic carbocycles. The third kappa shape index (κ3) is 3.36. The van der Waals surface area contributed by atoms with Gasteiger partial charge in [0.25, 0.3) is 0 Å². The van der Waals surface area contributed by atoms with Crippen molar-refractivity contribution in [1.82, 2.24) is 9.46 Å². The van der Waals surface area contributed by atoms with Crippen LogP contribution in [0.4, 0.5) is 0 Å². The zero-order valence-corrected chi connectivity index (χ0v) is 15.3. The molecule has 1 aromatic heterocycles. The van der Waals surface area contributed by atoms with E-state index in [1.54, 1.807) is 28.6 Å². The molecule has 0 aliphatic carbocycles. The summed E-state index contributed by atoms with van der Waals surface area (Å²) in [6.45, 7) is 2.58. The zero-order chi connectivity index (χ0) is 16.4. The number of benzene rings is 1. The molecule has 2 aromatic rings. The summed E-state index contributed by atoms with van der Waals surface area (Å²) >= 11 is 3.33. The normalized spacial score (nSPS) is 19.3. The van der Waals surface area contributed by atoms with E-state index in [2.05, 4.69) is 28.0 Å². The summed E-state index contributed by atoms with van der Waals surface area (Å²) in [5.74, 6) is 0.815. The third-order valence-electron chi connectivity index (χ3n) is 4.04. The highest BCUT2D eigenvalue weighted by Gasteiger charge is 2.37. The average Bonchev–Trinajstić information content (AvgIpc) is 3.16. The average molecular weight is 399 g/mol. The van der Waals surface area contributed by atoms with Gasteiger partial charge in [0.15, 0.2) is 0 Å². The number of sulfonamides is 1. The SMILES string of the molecule is CCCc1cc([C@H]2CCCN2S(=O)(=O)c2ccc(Br)cc2)no1. The minimum atomic E-state index is -3.52. The van der Waals surface area contributed by atoms with Crippen LogP contribution in [0, 0.1) is 0 Å². The minimum absolute atomic E-state index is 0.238. The van der Waals surface area contributed by atoms with Crippen LogP contribution < -0.4 is 0 Å². The summed E-state index contributed by atoms with van der Waals surface area (Å²) < 4.78 is 33.6. The molecule has 124 valence electrons. The molecule has 3 rings (SSSR count). The lowest BCUT2D eigenvalue weighted by molar-refractivity contribution is 0.343. The van der Waals surface area contributed by atoms with E-state index in [0.717, 1.165) is 35.9 Å². The van der Waals surface area contributed by atoms with E-state index in [1.807, 2.05) is 6.07 Å². The van der Waals surface area contributed by atoms with Crippen LogP contribution in [0.15, 0.2) is 44.2 Å². The van der Waals surface area contributed by atoms with E-state index in [-0.39, 0.29) is 6.04 Å². The highest BCUT2D eigenvalue weighted by atomic mass is 79.9. The van der Waals surface area contributed by atoms with Gasteiger partial charge < -0.3 is 4.52 Å². The molecular weight excluding hydrogens is 380 g/mol. The van der Waals surface area contributed by atoms with Gasteiger partial charge in [-0.2, -0.15) is 4.31 Å². The van der Waals surface area contributed by atoms with Gasteiger partial charge in [-0.25, -0.2) is 8.42 Å². The van der Waals surface area contributed by atoms with Crippen LogP contribution in [-0.2, 0) is 16.4 Å². The maximum atomic E-state index is 12.9. The Bertz CT molecular complexity index is 771. The molecule has 7 heteroatoms. The first-order valence-corrected chi connectivity index (χ1v) is 9.98. The fourth-order valence-electron chi connectivity index (χ4n) is 2.92. The van der Waals surface area contributed by atoms with Crippen LogP contribution in [0.2, 0.25) is 0 Å². The number of rotatable bonds is 5. The summed E-state index contributed by atoms with van der Waals surface area (Å²) in [5.41, 5.74) is 0.714. The van der Waals surface area contributed by atoms with Crippen molar-refractivity contribution in [2.45, 2.75) is 43.5 Å². The summed E-state index contributed by atoms with van der Waals surface area (Å²) in [4.78, 5) is 0.310. The molecule has 0 saturated carbocycles. The van der Waals surface area contributed by atoms with E-state index in [1.165, 1.54) is 0 Å². The Labute approximate surface area is 144 Å². The van der Waals surface area contributed by atoms with E-state index in [4.69, 9.17) is 4.52 Å². The van der Waals surface area contributed by atoms with Gasteiger partial charge in [0.1, 0.15) is 11.5 Å². The predicted molar refractivity (Wildman–Crippen MR) is 90.5 cm³/mol. The molecule has 5 nitrogen and oxygen atoms in total. The van der Waals surface area contributed by atoms with Gasteiger partial charge in [-0.3, -0.25) is 0 Å². The standard InChI is InChI=1S/C16H19BrN2O3S/c1-2-4-13-11-15(18-22-13)16-5-3-10-19(16)23(20,21)14-8-6-12(17)7-9-14/h6-9,11,16H,2-5,10H2,1H3/t16-/m1/s1. The van der Waals surface area contributed by atoms with Crippen molar-refractivity contribution >= 4 is 26.0 Å². The molecule has 0 radical (unpaired) electrons. The summed E-state index contributed by atoms with van der Waals surface area (Å²) in [5, 5.41) is 4.10. The van der Waals surface area contributed by atoms with E-state index in [9.17, 15) is 8.42 Å². The van der Waals surface area contributed by atoms with Gasteiger partial charge in [-0.1, -0.05) is 28.0 Å². The van der Waals surface area contributed by atoms with Gasteiger partial charge in [-0.15, -0.1) is 0 Å². The maximum absolute atomic E-state index is 12.9. The van der Waals surface area contributed by atoms with E-state index >= 15 is 0 Å². The second-order valence-electron chi connectivity index (χ2n) is 5.70. The fourth-order valence-corrected chi connectivity index (χ4v) is 4.85. The van der Waals surface area contributed by atoms with E-state index < -0.39 is 10.0 Å². The smallest absolute Gasteiger partial charge is 0.243 e. The van der Waals surface area contributed by atoms with Crippen molar-refractivity contribution in [2.24, 2.45) is 0 Å².